The van der Waals surface area contributed by atoms with Crippen LogP contribution in [0.1, 0.15) is 41.5 Å². The van der Waals surface area contributed by atoms with E-state index >= 15 is 0 Å². The fourth-order valence-electron chi connectivity index (χ4n) is 3.08. The van der Waals surface area contributed by atoms with Crippen molar-refractivity contribution in [2.24, 2.45) is 0 Å². The van der Waals surface area contributed by atoms with Crippen molar-refractivity contribution in [3.05, 3.63) is 0 Å². The van der Waals surface area contributed by atoms with E-state index in [2.05, 4.69) is 0 Å². The van der Waals surface area contributed by atoms with Gasteiger partial charge in [-0.25, -0.2) is 0 Å². The molecule has 286 valence electrons. The molecular weight excluding hydrogens is 624 g/mol. The van der Waals surface area contributed by atoms with Crippen molar-refractivity contribution in [1.29, 1.82) is 0 Å². The highest BCUT2D eigenvalue weighted by molar-refractivity contribution is 4.58. The van der Waals surface area contributed by atoms with E-state index in [1.165, 1.54) is 0 Å². The second-order valence-corrected chi connectivity index (χ2v) is 10.9. The zero-order valence-electron chi connectivity index (χ0n) is 29.9. The molecule has 47 heavy (non-hydrogen) atoms. The zero-order chi connectivity index (χ0) is 35.4. The number of rotatable bonds is 35. The SMILES string of the molecule is CC(O)COC(C)COC(C)COC(C)COC(C)COC(C)CO.OCCOCCOCCOCCOCCOCCOCCO. The highest BCUT2D eigenvalue weighted by Crippen LogP contribution is 2.03. The van der Waals surface area contributed by atoms with Crippen molar-refractivity contribution in [3.63, 3.8) is 0 Å². The molecule has 0 radical (unpaired) electrons. The molecule has 15 heteroatoms. The van der Waals surface area contributed by atoms with Gasteiger partial charge in [0.2, 0.25) is 0 Å². The summed E-state index contributed by atoms with van der Waals surface area (Å²) in [6.07, 6.45) is -0.868. The topological polar surface area (TPSA) is 182 Å². The van der Waals surface area contributed by atoms with Crippen LogP contribution in [0.2, 0.25) is 0 Å². The van der Waals surface area contributed by atoms with Gasteiger partial charge in [0.15, 0.2) is 0 Å². The van der Waals surface area contributed by atoms with Gasteiger partial charge in [-0.05, 0) is 41.5 Å². The Bertz CT molecular complexity index is 571. The summed E-state index contributed by atoms with van der Waals surface area (Å²) in [7, 11) is 0. The minimum atomic E-state index is -0.469. The first-order chi connectivity index (χ1) is 22.7. The minimum Gasteiger partial charge on any atom is -0.394 e. The highest BCUT2D eigenvalue weighted by Gasteiger charge is 2.12. The Morgan fingerprint density at radius 2 is 0.574 bits per heavy atom. The molecule has 0 aromatic carbocycles. The Labute approximate surface area is 282 Å². The average Bonchev–Trinajstić information content (AvgIpc) is 3.06. The van der Waals surface area contributed by atoms with Crippen LogP contribution in [0, 0.1) is 0 Å². The lowest BCUT2D eigenvalue weighted by molar-refractivity contribution is -0.100. The maximum Gasteiger partial charge on any atom is 0.0781 e. The highest BCUT2D eigenvalue weighted by atomic mass is 16.6. The predicted molar refractivity (Wildman–Crippen MR) is 175 cm³/mol. The molecule has 6 unspecified atom stereocenters. The van der Waals surface area contributed by atoms with Crippen LogP contribution in [0.3, 0.4) is 0 Å². The van der Waals surface area contributed by atoms with Crippen molar-refractivity contribution in [2.75, 3.05) is 132 Å². The zero-order valence-corrected chi connectivity index (χ0v) is 29.9. The summed E-state index contributed by atoms with van der Waals surface area (Å²) in [6, 6.07) is 0. The van der Waals surface area contributed by atoms with Crippen LogP contribution < -0.4 is 0 Å². The van der Waals surface area contributed by atoms with Crippen LogP contribution >= 0.6 is 0 Å². The Hall–Kier alpha value is -0.600. The standard InChI is InChI=1S/C18H38O7.C14H30O8/c1-13(20)8-21-15(3)10-23-17(5)12-25-18(6)11-24-16(4)9-22-14(2)7-19;15-1-3-17-5-7-19-9-11-21-13-14-22-12-10-20-8-6-18-4-2-16/h13-20H,7-12H2,1-6H3;15-16H,1-14H2. The van der Waals surface area contributed by atoms with Gasteiger partial charge < -0.3 is 72.5 Å². The van der Waals surface area contributed by atoms with Crippen LogP contribution in [-0.4, -0.2) is 189 Å². The Balaban J connectivity index is 0. The molecule has 15 nitrogen and oxygen atoms in total. The summed E-state index contributed by atoms with van der Waals surface area (Å²) in [5.41, 5.74) is 0. The van der Waals surface area contributed by atoms with Crippen LogP contribution in [-0.2, 0) is 52.1 Å². The average molecular weight is 693 g/mol. The van der Waals surface area contributed by atoms with Gasteiger partial charge >= 0.3 is 0 Å². The molecule has 0 fully saturated rings. The molecule has 0 spiro atoms. The van der Waals surface area contributed by atoms with Crippen molar-refractivity contribution >= 4 is 0 Å². The Kier molecular flexibility index (Phi) is 39.4. The normalized spacial score (nSPS) is 15.4. The van der Waals surface area contributed by atoms with E-state index in [1.807, 2.05) is 34.6 Å². The van der Waals surface area contributed by atoms with Gasteiger partial charge in [0.25, 0.3) is 0 Å². The number of ether oxygens (including phenoxy) is 11. The minimum absolute atomic E-state index is 0.00675. The molecule has 0 amide bonds. The maximum absolute atomic E-state index is 9.17. The second kappa shape index (κ2) is 38.2. The van der Waals surface area contributed by atoms with Crippen LogP contribution in [0.4, 0.5) is 0 Å². The van der Waals surface area contributed by atoms with E-state index in [-0.39, 0.29) is 50.3 Å². The molecule has 0 heterocycles. The molecule has 0 saturated heterocycles. The van der Waals surface area contributed by atoms with Crippen molar-refractivity contribution < 1.29 is 72.5 Å². The fraction of sp³-hybridized carbons (Fsp3) is 1.00. The first-order valence-corrected chi connectivity index (χ1v) is 16.7. The predicted octanol–water partition coefficient (Wildman–Crippen LogP) is 0.456. The summed E-state index contributed by atoms with van der Waals surface area (Å²) in [4.78, 5) is 0. The molecule has 0 rings (SSSR count). The molecular formula is C32H68O15. The van der Waals surface area contributed by atoms with Crippen LogP contribution in [0.5, 0.6) is 0 Å². The smallest absolute Gasteiger partial charge is 0.0781 e. The summed E-state index contributed by atoms with van der Waals surface area (Å²) in [6.45, 7) is 19.2. The lowest BCUT2D eigenvalue weighted by Gasteiger charge is -2.22. The van der Waals surface area contributed by atoms with E-state index < -0.39 is 6.10 Å². The van der Waals surface area contributed by atoms with Crippen molar-refractivity contribution in [2.45, 2.75) is 78.2 Å². The molecule has 6 atom stereocenters. The van der Waals surface area contributed by atoms with Crippen LogP contribution in [0.25, 0.3) is 0 Å². The van der Waals surface area contributed by atoms with Crippen molar-refractivity contribution in [1.82, 2.24) is 0 Å². The quantitative estimate of drug-likeness (QED) is 0.0672. The van der Waals surface area contributed by atoms with E-state index in [4.69, 9.17) is 67.4 Å². The third-order valence-electron chi connectivity index (χ3n) is 5.67. The fourth-order valence-corrected chi connectivity index (χ4v) is 3.08. The second-order valence-electron chi connectivity index (χ2n) is 10.9. The van der Waals surface area contributed by atoms with Crippen molar-refractivity contribution in [3.8, 4) is 0 Å². The summed E-state index contributed by atoms with van der Waals surface area (Å²) in [5, 5.41) is 35.0. The Morgan fingerprint density at radius 1 is 0.340 bits per heavy atom. The van der Waals surface area contributed by atoms with Gasteiger partial charge in [0.1, 0.15) is 0 Å². The number of aliphatic hydroxyl groups excluding tert-OH is 4. The van der Waals surface area contributed by atoms with Gasteiger partial charge in [0.05, 0.1) is 169 Å². The summed E-state index contributed by atoms with van der Waals surface area (Å²) >= 11 is 0. The van der Waals surface area contributed by atoms with E-state index in [0.717, 1.165) is 0 Å². The largest absolute Gasteiger partial charge is 0.394 e. The van der Waals surface area contributed by atoms with Gasteiger partial charge in [0, 0.05) is 0 Å². The first-order valence-electron chi connectivity index (χ1n) is 16.7. The maximum atomic E-state index is 9.17. The van der Waals surface area contributed by atoms with E-state index in [9.17, 15) is 5.11 Å². The third-order valence-corrected chi connectivity index (χ3v) is 5.67. The summed E-state index contributed by atoms with van der Waals surface area (Å²) in [5.74, 6) is 0. The number of hydrogen-bond acceptors (Lipinski definition) is 15. The monoisotopic (exact) mass is 692 g/mol. The molecule has 0 aliphatic heterocycles. The molecule has 0 aromatic rings. The molecule has 4 N–H and O–H groups in total. The molecule has 0 aliphatic rings. The van der Waals surface area contributed by atoms with Gasteiger partial charge in [-0.15, -0.1) is 0 Å². The van der Waals surface area contributed by atoms with E-state index in [1.54, 1.807) is 6.92 Å². The molecule has 0 aromatic heterocycles. The lowest BCUT2D eigenvalue weighted by Crippen LogP contribution is -2.29. The van der Waals surface area contributed by atoms with Crippen LogP contribution in [0.15, 0.2) is 0 Å². The molecule has 0 bridgehead atoms. The molecule has 0 aliphatic carbocycles. The first kappa shape index (κ1) is 48.5. The lowest BCUT2D eigenvalue weighted by atomic mass is 10.3. The van der Waals surface area contributed by atoms with Gasteiger partial charge in [-0.2, -0.15) is 0 Å². The van der Waals surface area contributed by atoms with Gasteiger partial charge in [-0.1, -0.05) is 0 Å². The summed E-state index contributed by atoms with van der Waals surface area (Å²) < 4.78 is 59.1. The molecule has 0 saturated carbocycles. The number of hydrogen-bond donors (Lipinski definition) is 4. The number of aliphatic hydroxyl groups is 4. The van der Waals surface area contributed by atoms with E-state index in [0.29, 0.717) is 112 Å². The third kappa shape index (κ3) is 41.5. The Morgan fingerprint density at radius 3 is 0.809 bits per heavy atom. The van der Waals surface area contributed by atoms with Gasteiger partial charge in [-0.3, -0.25) is 0 Å².